The van der Waals surface area contributed by atoms with Crippen molar-refractivity contribution in [2.75, 3.05) is 5.73 Å². The second-order valence-corrected chi connectivity index (χ2v) is 6.02. The van der Waals surface area contributed by atoms with Crippen molar-refractivity contribution in [2.24, 2.45) is 0 Å². The Labute approximate surface area is 133 Å². The molecule has 2 aromatic rings. The van der Waals surface area contributed by atoms with E-state index in [1.165, 1.54) is 0 Å². The van der Waals surface area contributed by atoms with Gasteiger partial charge in [-0.05, 0) is 41.0 Å². The van der Waals surface area contributed by atoms with E-state index in [1.54, 1.807) is 12.1 Å². The van der Waals surface area contributed by atoms with Crippen LogP contribution in [-0.4, -0.2) is 10.8 Å². The molecular formula is C16H14Cl2N2O. The van der Waals surface area contributed by atoms with Crippen LogP contribution in [0.25, 0.3) is 0 Å². The van der Waals surface area contributed by atoms with Gasteiger partial charge in [-0.2, -0.15) is 0 Å². The molecule has 1 aliphatic heterocycles. The van der Waals surface area contributed by atoms with Crippen molar-refractivity contribution in [3.05, 3.63) is 63.1 Å². The van der Waals surface area contributed by atoms with Gasteiger partial charge in [0.05, 0.1) is 16.5 Å². The van der Waals surface area contributed by atoms with Crippen molar-refractivity contribution in [1.82, 2.24) is 4.90 Å². The van der Waals surface area contributed by atoms with Crippen LogP contribution in [-0.2, 0) is 24.3 Å². The predicted molar refractivity (Wildman–Crippen MR) is 85.3 cm³/mol. The van der Waals surface area contributed by atoms with E-state index < -0.39 is 0 Å². The summed E-state index contributed by atoms with van der Waals surface area (Å²) in [5, 5.41) is 0.969. The zero-order valence-electron chi connectivity index (χ0n) is 11.3. The number of nitrogen functional groups attached to an aromatic ring is 1. The average molecular weight is 321 g/mol. The molecule has 21 heavy (non-hydrogen) atoms. The van der Waals surface area contributed by atoms with Crippen LogP contribution in [0.5, 0.6) is 0 Å². The number of carbonyl (C=O) groups is 1. The van der Waals surface area contributed by atoms with Crippen molar-refractivity contribution in [3.63, 3.8) is 0 Å². The molecule has 0 bridgehead atoms. The Kier molecular flexibility index (Phi) is 3.79. The molecule has 0 saturated carbocycles. The molecule has 3 nitrogen and oxygen atoms in total. The number of amides is 1. The molecule has 0 spiro atoms. The molecule has 0 saturated heterocycles. The topological polar surface area (TPSA) is 46.3 Å². The fourth-order valence-corrected chi connectivity index (χ4v) is 2.85. The summed E-state index contributed by atoms with van der Waals surface area (Å²) in [5.74, 6) is 0.0724. The minimum Gasteiger partial charge on any atom is -0.399 e. The molecule has 2 N–H and O–H groups in total. The molecule has 0 aromatic heterocycles. The highest BCUT2D eigenvalue weighted by Gasteiger charge is 2.23. The number of carbonyl (C=O) groups excluding carboxylic acids is 1. The van der Waals surface area contributed by atoms with Gasteiger partial charge in [0.25, 0.3) is 0 Å². The summed E-state index contributed by atoms with van der Waals surface area (Å²) in [5.41, 5.74) is 9.65. The van der Waals surface area contributed by atoms with Gasteiger partial charge in [-0.1, -0.05) is 35.3 Å². The van der Waals surface area contributed by atoms with E-state index in [1.807, 2.05) is 29.2 Å². The number of rotatable bonds is 2. The Morgan fingerprint density at radius 2 is 1.81 bits per heavy atom. The Morgan fingerprint density at radius 1 is 1.05 bits per heavy atom. The SMILES string of the molecule is Nc1ccc2c(c1)CN(C(=O)Cc1ccc(Cl)c(Cl)c1)C2. The maximum Gasteiger partial charge on any atom is 0.227 e. The maximum absolute atomic E-state index is 12.4. The molecule has 108 valence electrons. The van der Waals surface area contributed by atoms with Crippen LogP contribution in [0.3, 0.4) is 0 Å². The van der Waals surface area contributed by atoms with Crippen molar-refractivity contribution in [1.29, 1.82) is 0 Å². The number of hydrogen-bond acceptors (Lipinski definition) is 2. The number of hydrogen-bond donors (Lipinski definition) is 1. The molecule has 2 aromatic carbocycles. The van der Waals surface area contributed by atoms with Gasteiger partial charge < -0.3 is 10.6 Å². The van der Waals surface area contributed by atoms with Crippen molar-refractivity contribution < 1.29 is 4.79 Å². The summed E-state index contributed by atoms with van der Waals surface area (Å²) in [6.45, 7) is 1.25. The molecule has 3 rings (SSSR count). The van der Waals surface area contributed by atoms with E-state index in [4.69, 9.17) is 28.9 Å². The summed E-state index contributed by atoms with van der Waals surface area (Å²) >= 11 is 11.9. The van der Waals surface area contributed by atoms with E-state index in [0.717, 1.165) is 22.4 Å². The van der Waals surface area contributed by atoms with Gasteiger partial charge in [0, 0.05) is 18.8 Å². The molecule has 0 fully saturated rings. The van der Waals surface area contributed by atoms with Gasteiger partial charge in [0.2, 0.25) is 5.91 Å². The third kappa shape index (κ3) is 2.99. The van der Waals surface area contributed by atoms with Crippen LogP contribution in [0.1, 0.15) is 16.7 Å². The Morgan fingerprint density at radius 3 is 2.57 bits per heavy atom. The molecular weight excluding hydrogens is 307 g/mol. The van der Waals surface area contributed by atoms with Crippen LogP contribution >= 0.6 is 23.2 Å². The average Bonchev–Trinajstić information content (AvgIpc) is 2.86. The molecule has 5 heteroatoms. The Hall–Kier alpha value is -1.71. The summed E-state index contributed by atoms with van der Waals surface area (Å²) in [7, 11) is 0. The number of fused-ring (bicyclic) bond motifs is 1. The number of anilines is 1. The number of benzene rings is 2. The number of nitrogens with two attached hydrogens (primary N) is 1. The lowest BCUT2D eigenvalue weighted by molar-refractivity contribution is -0.131. The summed E-state index contributed by atoms with van der Waals surface area (Å²) in [6, 6.07) is 11.1. The summed E-state index contributed by atoms with van der Waals surface area (Å²) < 4.78 is 0. The van der Waals surface area contributed by atoms with Gasteiger partial charge in [-0.25, -0.2) is 0 Å². The van der Waals surface area contributed by atoms with Crippen molar-refractivity contribution in [3.8, 4) is 0 Å². The Balaban J connectivity index is 1.71. The molecule has 1 heterocycles. The van der Waals surface area contributed by atoms with E-state index in [-0.39, 0.29) is 5.91 Å². The summed E-state index contributed by atoms with van der Waals surface area (Å²) in [6.07, 6.45) is 0.320. The third-order valence-electron chi connectivity index (χ3n) is 3.64. The molecule has 0 unspecified atom stereocenters. The first kappa shape index (κ1) is 14.2. The van der Waals surface area contributed by atoms with E-state index in [2.05, 4.69) is 0 Å². The Bertz CT molecular complexity index is 715. The fourth-order valence-electron chi connectivity index (χ4n) is 2.53. The quantitative estimate of drug-likeness (QED) is 0.858. The molecule has 0 radical (unpaired) electrons. The van der Waals surface area contributed by atoms with Gasteiger partial charge >= 0.3 is 0 Å². The first-order chi connectivity index (χ1) is 10.0. The molecule has 0 aliphatic carbocycles. The normalized spacial score (nSPS) is 13.3. The third-order valence-corrected chi connectivity index (χ3v) is 4.38. The first-order valence-electron chi connectivity index (χ1n) is 6.62. The fraction of sp³-hybridized carbons (Fsp3) is 0.188. The highest BCUT2D eigenvalue weighted by molar-refractivity contribution is 6.42. The van der Waals surface area contributed by atoms with Gasteiger partial charge in [0.1, 0.15) is 0 Å². The van der Waals surface area contributed by atoms with Gasteiger partial charge in [-0.3, -0.25) is 4.79 Å². The van der Waals surface area contributed by atoms with Crippen LogP contribution in [0.2, 0.25) is 10.0 Å². The maximum atomic E-state index is 12.4. The highest BCUT2D eigenvalue weighted by atomic mass is 35.5. The standard InChI is InChI=1S/C16H14Cl2N2O/c17-14-4-1-10(5-15(14)18)6-16(21)20-8-11-2-3-13(19)7-12(11)9-20/h1-5,7H,6,8-9,19H2. The lowest BCUT2D eigenvalue weighted by Gasteiger charge is -2.15. The van der Waals surface area contributed by atoms with Crippen molar-refractivity contribution in [2.45, 2.75) is 19.5 Å². The lowest BCUT2D eigenvalue weighted by Crippen LogP contribution is -2.26. The second-order valence-electron chi connectivity index (χ2n) is 5.20. The summed E-state index contributed by atoms with van der Waals surface area (Å²) in [4.78, 5) is 14.2. The van der Waals surface area contributed by atoms with E-state index in [9.17, 15) is 4.79 Å². The first-order valence-corrected chi connectivity index (χ1v) is 7.37. The zero-order valence-corrected chi connectivity index (χ0v) is 12.8. The van der Waals surface area contributed by atoms with Crippen LogP contribution < -0.4 is 5.73 Å². The molecule has 1 amide bonds. The second kappa shape index (κ2) is 5.58. The van der Waals surface area contributed by atoms with Gasteiger partial charge in [-0.15, -0.1) is 0 Å². The number of halogens is 2. The predicted octanol–water partition coefficient (Wildman–Crippen LogP) is 3.66. The number of nitrogens with zero attached hydrogens (tertiary/aromatic N) is 1. The molecule has 1 aliphatic rings. The molecule has 0 atom stereocenters. The monoisotopic (exact) mass is 320 g/mol. The highest BCUT2D eigenvalue weighted by Crippen LogP contribution is 2.26. The van der Waals surface area contributed by atoms with Crippen LogP contribution in [0, 0.1) is 0 Å². The zero-order chi connectivity index (χ0) is 15.0. The largest absolute Gasteiger partial charge is 0.399 e. The van der Waals surface area contributed by atoms with E-state index >= 15 is 0 Å². The smallest absolute Gasteiger partial charge is 0.227 e. The van der Waals surface area contributed by atoms with E-state index in [0.29, 0.717) is 29.6 Å². The minimum absolute atomic E-state index is 0.0724. The van der Waals surface area contributed by atoms with Crippen LogP contribution in [0.4, 0.5) is 5.69 Å². The van der Waals surface area contributed by atoms with Crippen molar-refractivity contribution >= 4 is 34.8 Å². The van der Waals surface area contributed by atoms with Crippen LogP contribution in [0.15, 0.2) is 36.4 Å². The van der Waals surface area contributed by atoms with Gasteiger partial charge in [0.15, 0.2) is 0 Å². The lowest BCUT2D eigenvalue weighted by atomic mass is 10.1. The minimum atomic E-state index is 0.0724.